The van der Waals surface area contributed by atoms with Crippen molar-refractivity contribution in [3.05, 3.63) is 89.3 Å². The number of nitrogens with zero attached hydrogens (tertiary/aromatic N) is 1. The van der Waals surface area contributed by atoms with Gasteiger partial charge >= 0.3 is 5.97 Å². The van der Waals surface area contributed by atoms with Crippen molar-refractivity contribution in [2.45, 2.75) is 6.92 Å². The average molecular weight is 412 g/mol. The van der Waals surface area contributed by atoms with Crippen molar-refractivity contribution in [1.82, 2.24) is 4.98 Å². The van der Waals surface area contributed by atoms with Crippen molar-refractivity contribution < 1.29 is 23.8 Å². The molecule has 0 N–H and O–H groups in total. The van der Waals surface area contributed by atoms with Crippen LogP contribution in [0.25, 0.3) is 34.4 Å². The van der Waals surface area contributed by atoms with Gasteiger partial charge in [-0.3, -0.25) is 0 Å². The van der Waals surface area contributed by atoms with Gasteiger partial charge in [-0.05, 0) is 55.5 Å². The normalized spacial score (nSPS) is 11.1. The second-order valence-corrected chi connectivity index (χ2v) is 6.73. The van der Waals surface area contributed by atoms with Crippen molar-refractivity contribution in [1.29, 1.82) is 0 Å². The molecule has 0 unspecified atom stereocenters. The fourth-order valence-electron chi connectivity index (χ4n) is 3.20. The predicted molar refractivity (Wildman–Crippen MR) is 115 cm³/mol. The van der Waals surface area contributed by atoms with E-state index in [9.17, 15) is 14.7 Å². The molecule has 31 heavy (non-hydrogen) atoms. The second-order valence-electron chi connectivity index (χ2n) is 6.73. The molecule has 0 aliphatic rings. The fraction of sp³-hybridized carbons (Fsp3) is 0.0800. The average Bonchev–Trinajstić information content (AvgIpc) is 3.26. The summed E-state index contributed by atoms with van der Waals surface area (Å²) in [5.41, 5.74) is 2.44. The minimum atomic E-state index is -1.25. The topological polar surface area (TPSA) is 92.5 Å². The number of rotatable bonds is 6. The number of furan rings is 1. The van der Waals surface area contributed by atoms with E-state index in [0.717, 1.165) is 5.56 Å². The van der Waals surface area contributed by atoms with Gasteiger partial charge < -0.3 is 19.1 Å². The largest absolute Gasteiger partial charge is 0.545 e. The summed E-state index contributed by atoms with van der Waals surface area (Å²) < 4.78 is 10.8. The molecule has 154 valence electrons. The van der Waals surface area contributed by atoms with Crippen LogP contribution in [0.2, 0.25) is 0 Å². The third kappa shape index (κ3) is 4.38. The molecule has 2 aromatic carbocycles. The Balaban J connectivity index is 1.57. The van der Waals surface area contributed by atoms with Crippen LogP contribution in [0.1, 0.15) is 39.1 Å². The van der Waals surface area contributed by atoms with Crippen LogP contribution in [-0.4, -0.2) is 23.5 Å². The smallest absolute Gasteiger partial charge is 0.338 e. The highest BCUT2D eigenvalue weighted by Crippen LogP contribution is 2.24. The quantitative estimate of drug-likeness (QED) is 0.441. The summed E-state index contributed by atoms with van der Waals surface area (Å²) in [7, 11) is 0. The summed E-state index contributed by atoms with van der Waals surface area (Å²) in [6, 6.07) is 19.1. The van der Waals surface area contributed by atoms with Gasteiger partial charge in [0.1, 0.15) is 11.5 Å². The zero-order valence-corrected chi connectivity index (χ0v) is 16.7. The number of aromatic nitrogens is 1. The molecular formula is C25H18NO5-. The Morgan fingerprint density at radius 3 is 2.55 bits per heavy atom. The molecule has 4 rings (SSSR count). The van der Waals surface area contributed by atoms with E-state index < -0.39 is 5.97 Å². The highest BCUT2D eigenvalue weighted by atomic mass is 16.5. The number of hydrogen-bond donors (Lipinski definition) is 0. The molecule has 0 aliphatic carbocycles. The second kappa shape index (κ2) is 8.67. The van der Waals surface area contributed by atoms with Crippen molar-refractivity contribution in [3.8, 4) is 11.3 Å². The number of carbonyl (C=O) groups excluding carboxylic acids is 2. The van der Waals surface area contributed by atoms with Gasteiger partial charge in [-0.15, -0.1) is 0 Å². The highest BCUT2D eigenvalue weighted by molar-refractivity contribution is 6.02. The van der Waals surface area contributed by atoms with E-state index in [4.69, 9.17) is 9.15 Å². The SMILES string of the molecule is CCOC(=O)c1ccc(-c2ccc(/C=C/c3cc(C(=O)[O-])c4ccccc4n3)o2)cc1. The van der Waals surface area contributed by atoms with Gasteiger partial charge in [0.05, 0.1) is 29.4 Å². The molecule has 0 saturated heterocycles. The zero-order valence-electron chi connectivity index (χ0n) is 16.7. The van der Waals surface area contributed by atoms with Crippen molar-refractivity contribution in [2.24, 2.45) is 0 Å². The molecular weight excluding hydrogens is 394 g/mol. The van der Waals surface area contributed by atoms with Crippen LogP contribution in [0.3, 0.4) is 0 Å². The molecule has 2 heterocycles. The third-order valence-corrected chi connectivity index (χ3v) is 4.68. The number of carboxylic acid groups (broad SMARTS) is 1. The number of carboxylic acids is 1. The van der Waals surface area contributed by atoms with Gasteiger partial charge in [-0.25, -0.2) is 9.78 Å². The Morgan fingerprint density at radius 2 is 1.81 bits per heavy atom. The number of ether oxygens (including phenoxy) is 1. The van der Waals surface area contributed by atoms with Crippen molar-refractivity contribution in [2.75, 3.05) is 6.61 Å². The minimum Gasteiger partial charge on any atom is -0.545 e. The Morgan fingerprint density at radius 1 is 1.03 bits per heavy atom. The first kappa shape index (κ1) is 20.1. The molecule has 0 spiro atoms. The van der Waals surface area contributed by atoms with Gasteiger partial charge in [0.15, 0.2) is 0 Å². The number of carbonyl (C=O) groups is 2. The number of aromatic carboxylic acids is 1. The summed E-state index contributed by atoms with van der Waals surface area (Å²) in [4.78, 5) is 27.7. The molecule has 0 fully saturated rings. The fourth-order valence-corrected chi connectivity index (χ4v) is 3.20. The Bertz CT molecular complexity index is 1290. The Kier molecular flexibility index (Phi) is 5.62. The first-order valence-electron chi connectivity index (χ1n) is 9.72. The molecule has 0 radical (unpaired) electrons. The van der Waals surface area contributed by atoms with Crippen LogP contribution in [-0.2, 0) is 4.74 Å². The Hall–Kier alpha value is -4.19. The summed E-state index contributed by atoms with van der Waals surface area (Å²) in [6.45, 7) is 2.09. The molecule has 0 saturated carbocycles. The lowest BCUT2D eigenvalue weighted by Crippen LogP contribution is -2.22. The molecule has 0 amide bonds. The maximum Gasteiger partial charge on any atom is 0.338 e. The van der Waals surface area contributed by atoms with Crippen LogP contribution >= 0.6 is 0 Å². The molecule has 6 nitrogen and oxygen atoms in total. The van der Waals surface area contributed by atoms with Crippen LogP contribution in [0.15, 0.2) is 71.1 Å². The number of benzene rings is 2. The minimum absolute atomic E-state index is 0.0899. The van der Waals surface area contributed by atoms with E-state index in [2.05, 4.69) is 4.98 Å². The van der Waals surface area contributed by atoms with Crippen molar-refractivity contribution in [3.63, 3.8) is 0 Å². The van der Waals surface area contributed by atoms with Crippen LogP contribution in [0.4, 0.5) is 0 Å². The highest BCUT2D eigenvalue weighted by Gasteiger charge is 2.09. The third-order valence-electron chi connectivity index (χ3n) is 4.68. The zero-order chi connectivity index (χ0) is 21.8. The number of esters is 1. The lowest BCUT2D eigenvalue weighted by atomic mass is 10.1. The molecule has 0 bridgehead atoms. The predicted octanol–water partition coefficient (Wildman–Crippen LogP) is 4.21. The number of fused-ring (bicyclic) bond motifs is 1. The van der Waals surface area contributed by atoms with Gasteiger partial charge in [0.2, 0.25) is 0 Å². The summed E-state index contributed by atoms with van der Waals surface area (Å²) >= 11 is 0. The van der Waals surface area contributed by atoms with E-state index in [-0.39, 0.29) is 11.5 Å². The molecule has 4 aromatic rings. The maximum atomic E-state index is 11.8. The first-order valence-corrected chi connectivity index (χ1v) is 9.72. The van der Waals surface area contributed by atoms with E-state index >= 15 is 0 Å². The summed E-state index contributed by atoms with van der Waals surface area (Å²) in [5.74, 6) is -0.401. The lowest BCUT2D eigenvalue weighted by molar-refractivity contribution is -0.254. The standard InChI is InChI=1S/C25H19NO5/c1-2-30-25(29)17-9-7-16(8-10-17)23-14-13-19(31-23)12-11-18-15-21(24(27)28)20-5-3-4-6-22(20)26-18/h3-15H,2H2,1H3,(H,27,28)/p-1/b12-11+. The monoisotopic (exact) mass is 412 g/mol. The first-order chi connectivity index (χ1) is 15.0. The maximum absolute atomic E-state index is 11.8. The van der Waals surface area contributed by atoms with Gasteiger partial charge in [0.25, 0.3) is 0 Å². The van der Waals surface area contributed by atoms with Crippen molar-refractivity contribution >= 4 is 35.0 Å². The van der Waals surface area contributed by atoms with E-state index in [1.54, 1.807) is 73.7 Å². The number of hydrogen-bond acceptors (Lipinski definition) is 6. The molecule has 0 atom stereocenters. The van der Waals surface area contributed by atoms with E-state index in [0.29, 0.717) is 40.3 Å². The molecule has 6 heteroatoms. The molecule has 0 aliphatic heterocycles. The van der Waals surface area contributed by atoms with Gasteiger partial charge in [0, 0.05) is 16.5 Å². The van der Waals surface area contributed by atoms with E-state index in [1.807, 2.05) is 6.07 Å². The number of pyridine rings is 1. The van der Waals surface area contributed by atoms with Crippen LogP contribution in [0, 0.1) is 0 Å². The number of para-hydroxylation sites is 1. The summed E-state index contributed by atoms with van der Waals surface area (Å²) in [6.07, 6.45) is 3.40. The molecule has 2 aromatic heterocycles. The van der Waals surface area contributed by atoms with Gasteiger partial charge in [-0.1, -0.05) is 30.3 Å². The van der Waals surface area contributed by atoms with Crippen LogP contribution in [0.5, 0.6) is 0 Å². The summed E-state index contributed by atoms with van der Waals surface area (Å²) in [5, 5.41) is 12.0. The van der Waals surface area contributed by atoms with Crippen LogP contribution < -0.4 is 5.11 Å². The van der Waals surface area contributed by atoms with Gasteiger partial charge in [-0.2, -0.15) is 0 Å². The lowest BCUT2D eigenvalue weighted by Gasteiger charge is -2.08. The van der Waals surface area contributed by atoms with E-state index in [1.165, 1.54) is 6.07 Å². The Labute approximate surface area is 178 Å².